The van der Waals surface area contributed by atoms with Crippen LogP contribution < -0.4 is 5.73 Å². The largest absolute Gasteiger partial charge is 0.324 e. The molecule has 3 heteroatoms. The quantitative estimate of drug-likeness (QED) is 0.779. The average Bonchev–Trinajstić information content (AvgIpc) is 2.21. The van der Waals surface area contributed by atoms with Crippen molar-refractivity contribution in [2.75, 3.05) is 0 Å². The summed E-state index contributed by atoms with van der Waals surface area (Å²) in [6.45, 7) is 5.45. The molecule has 0 amide bonds. The monoisotopic (exact) mass is 227 g/mol. The van der Waals surface area contributed by atoms with Crippen LogP contribution in [0.4, 0.5) is 4.39 Å². The molecule has 0 aliphatic rings. The Bertz CT molecular complexity index is 363. The maximum absolute atomic E-state index is 13.5. The summed E-state index contributed by atoms with van der Waals surface area (Å²) in [5.74, 6) is -0.331. The summed E-state index contributed by atoms with van der Waals surface area (Å²) in [4.78, 5) is 0. The first-order chi connectivity index (χ1) is 7.07. The predicted octanol–water partition coefficient (Wildman–Crippen LogP) is 3.75. The lowest BCUT2D eigenvalue weighted by molar-refractivity contribution is 0.566. The van der Waals surface area contributed by atoms with Gasteiger partial charge in [0.15, 0.2) is 0 Å². The lowest BCUT2D eigenvalue weighted by atomic mass is 10.00. The zero-order valence-electron chi connectivity index (χ0n) is 8.76. The van der Waals surface area contributed by atoms with Crippen molar-refractivity contribution >= 4 is 11.6 Å². The number of rotatable bonds is 4. The van der Waals surface area contributed by atoms with Gasteiger partial charge in [-0.05, 0) is 31.4 Å². The summed E-state index contributed by atoms with van der Waals surface area (Å²) in [5.41, 5.74) is 7.14. The molecule has 1 aromatic rings. The Kier molecular flexibility index (Phi) is 4.30. The van der Waals surface area contributed by atoms with Crippen LogP contribution >= 0.6 is 11.6 Å². The molecule has 0 aliphatic heterocycles. The maximum Gasteiger partial charge on any atom is 0.129 e. The molecule has 0 unspecified atom stereocenters. The van der Waals surface area contributed by atoms with Gasteiger partial charge in [0.1, 0.15) is 5.82 Å². The second kappa shape index (κ2) is 5.29. The molecular weight excluding hydrogens is 213 g/mol. The van der Waals surface area contributed by atoms with E-state index in [9.17, 15) is 4.39 Å². The molecule has 0 fully saturated rings. The van der Waals surface area contributed by atoms with E-state index in [2.05, 4.69) is 6.58 Å². The van der Waals surface area contributed by atoms with Crippen molar-refractivity contribution in [3.05, 3.63) is 46.8 Å². The highest BCUT2D eigenvalue weighted by molar-refractivity contribution is 6.32. The first-order valence-corrected chi connectivity index (χ1v) is 5.26. The average molecular weight is 228 g/mol. The fourth-order valence-electron chi connectivity index (χ4n) is 1.46. The summed E-state index contributed by atoms with van der Waals surface area (Å²) < 4.78 is 13.5. The molecule has 0 aromatic heterocycles. The molecule has 0 heterocycles. The normalized spacial score (nSPS) is 12.5. The fourth-order valence-corrected chi connectivity index (χ4v) is 1.75. The van der Waals surface area contributed by atoms with Gasteiger partial charge in [-0.1, -0.05) is 23.7 Å². The molecule has 1 atom stereocenters. The van der Waals surface area contributed by atoms with Gasteiger partial charge in [0.2, 0.25) is 0 Å². The fraction of sp³-hybridized carbons (Fsp3) is 0.333. The van der Waals surface area contributed by atoms with E-state index in [0.717, 1.165) is 12.0 Å². The highest BCUT2D eigenvalue weighted by Gasteiger charge is 2.16. The van der Waals surface area contributed by atoms with Gasteiger partial charge in [-0.15, -0.1) is 6.58 Å². The van der Waals surface area contributed by atoms with Gasteiger partial charge in [0.05, 0.1) is 5.02 Å². The number of hydrogen-bond donors (Lipinski definition) is 1. The van der Waals surface area contributed by atoms with Gasteiger partial charge in [0, 0.05) is 11.6 Å². The van der Waals surface area contributed by atoms with Crippen LogP contribution in [0.1, 0.15) is 30.0 Å². The van der Waals surface area contributed by atoms with Crippen molar-refractivity contribution in [1.82, 2.24) is 0 Å². The van der Waals surface area contributed by atoms with Gasteiger partial charge in [-0.3, -0.25) is 0 Å². The van der Waals surface area contributed by atoms with E-state index in [1.807, 2.05) is 6.92 Å². The van der Waals surface area contributed by atoms with Crippen molar-refractivity contribution in [2.45, 2.75) is 25.8 Å². The van der Waals surface area contributed by atoms with Crippen molar-refractivity contribution in [3.63, 3.8) is 0 Å². The minimum atomic E-state index is -0.365. The third-order valence-corrected chi connectivity index (χ3v) is 2.87. The molecule has 82 valence electrons. The Morgan fingerprint density at radius 2 is 2.27 bits per heavy atom. The number of allylic oxidation sites excluding steroid dienone is 1. The Balaban J connectivity index is 3.01. The minimum absolute atomic E-state index is 0.331. The zero-order valence-corrected chi connectivity index (χ0v) is 9.52. The molecule has 0 radical (unpaired) electrons. The molecule has 15 heavy (non-hydrogen) atoms. The molecule has 0 aliphatic carbocycles. The molecule has 2 N–H and O–H groups in total. The van der Waals surface area contributed by atoms with E-state index in [0.29, 0.717) is 17.0 Å². The van der Waals surface area contributed by atoms with Gasteiger partial charge >= 0.3 is 0 Å². The smallest absolute Gasteiger partial charge is 0.129 e. The van der Waals surface area contributed by atoms with E-state index in [-0.39, 0.29) is 11.9 Å². The standard InChI is InChI=1S/C12H15ClFN/c1-3-4-5-10(15)11-9(14)7-6-8(2)12(11)13/h3,6-7,10H,1,4-5,15H2,2H3/t10-/m0/s1. The number of benzene rings is 1. The number of nitrogens with two attached hydrogens (primary N) is 1. The minimum Gasteiger partial charge on any atom is -0.324 e. The molecule has 0 spiro atoms. The van der Waals surface area contributed by atoms with Crippen LogP contribution in [0.5, 0.6) is 0 Å². The van der Waals surface area contributed by atoms with Crippen molar-refractivity contribution in [2.24, 2.45) is 5.73 Å². The second-order valence-corrected chi connectivity index (χ2v) is 3.94. The second-order valence-electron chi connectivity index (χ2n) is 3.56. The van der Waals surface area contributed by atoms with Crippen LogP contribution in [-0.4, -0.2) is 0 Å². The molecular formula is C12H15ClFN. The number of aryl methyl sites for hydroxylation is 1. The van der Waals surface area contributed by atoms with Gasteiger partial charge < -0.3 is 5.73 Å². The first-order valence-electron chi connectivity index (χ1n) is 4.89. The number of hydrogen-bond acceptors (Lipinski definition) is 1. The van der Waals surface area contributed by atoms with Gasteiger partial charge in [0.25, 0.3) is 0 Å². The summed E-state index contributed by atoms with van der Waals surface area (Å²) >= 11 is 6.03. The summed E-state index contributed by atoms with van der Waals surface area (Å²) in [5, 5.41) is 0.437. The lowest BCUT2D eigenvalue weighted by Crippen LogP contribution is -2.13. The Hall–Kier alpha value is -0.860. The summed E-state index contributed by atoms with van der Waals surface area (Å²) in [7, 11) is 0. The molecule has 1 rings (SSSR count). The lowest BCUT2D eigenvalue weighted by Gasteiger charge is -2.15. The molecule has 0 bridgehead atoms. The molecule has 1 aromatic carbocycles. The van der Waals surface area contributed by atoms with E-state index in [1.165, 1.54) is 6.07 Å². The van der Waals surface area contributed by atoms with E-state index < -0.39 is 0 Å². The van der Waals surface area contributed by atoms with Crippen molar-refractivity contribution in [1.29, 1.82) is 0 Å². The van der Waals surface area contributed by atoms with Crippen LogP contribution in [0.3, 0.4) is 0 Å². The Morgan fingerprint density at radius 1 is 1.60 bits per heavy atom. The van der Waals surface area contributed by atoms with Crippen LogP contribution in [0.25, 0.3) is 0 Å². The first kappa shape index (κ1) is 12.2. The SMILES string of the molecule is C=CCC[C@H](N)c1c(F)ccc(C)c1Cl. The van der Waals surface area contributed by atoms with E-state index in [4.69, 9.17) is 17.3 Å². The summed E-state index contributed by atoms with van der Waals surface area (Å²) in [6.07, 6.45) is 3.18. The maximum atomic E-state index is 13.5. The van der Waals surface area contributed by atoms with Crippen LogP contribution in [0.15, 0.2) is 24.8 Å². The van der Waals surface area contributed by atoms with Gasteiger partial charge in [-0.2, -0.15) is 0 Å². The van der Waals surface area contributed by atoms with Crippen LogP contribution in [0.2, 0.25) is 5.02 Å². The summed E-state index contributed by atoms with van der Waals surface area (Å²) in [6, 6.07) is 2.70. The molecule has 0 saturated carbocycles. The van der Waals surface area contributed by atoms with E-state index in [1.54, 1.807) is 12.1 Å². The number of halogens is 2. The van der Waals surface area contributed by atoms with Crippen molar-refractivity contribution in [3.8, 4) is 0 Å². The Morgan fingerprint density at radius 3 is 2.87 bits per heavy atom. The third-order valence-electron chi connectivity index (χ3n) is 2.37. The van der Waals surface area contributed by atoms with Gasteiger partial charge in [-0.25, -0.2) is 4.39 Å². The van der Waals surface area contributed by atoms with Crippen LogP contribution in [-0.2, 0) is 0 Å². The topological polar surface area (TPSA) is 26.0 Å². The van der Waals surface area contributed by atoms with Crippen LogP contribution in [0, 0.1) is 12.7 Å². The highest BCUT2D eigenvalue weighted by Crippen LogP contribution is 2.29. The molecule has 0 saturated heterocycles. The highest BCUT2D eigenvalue weighted by atomic mass is 35.5. The van der Waals surface area contributed by atoms with Crippen molar-refractivity contribution < 1.29 is 4.39 Å². The predicted molar refractivity (Wildman–Crippen MR) is 62.5 cm³/mol. The molecule has 1 nitrogen and oxygen atoms in total. The zero-order chi connectivity index (χ0) is 11.4. The Labute approximate surface area is 94.7 Å². The van der Waals surface area contributed by atoms with E-state index >= 15 is 0 Å². The third kappa shape index (κ3) is 2.80.